The number of aryl methyl sites for hydroxylation is 1. The number of hydrogen-bond donors (Lipinski definition) is 0. The highest BCUT2D eigenvalue weighted by Gasteiger charge is 2.18. The van der Waals surface area contributed by atoms with Crippen molar-refractivity contribution >= 4 is 16.9 Å². The second-order valence-electron chi connectivity index (χ2n) is 7.21. The van der Waals surface area contributed by atoms with Crippen molar-refractivity contribution in [1.82, 2.24) is 0 Å². The van der Waals surface area contributed by atoms with Gasteiger partial charge < -0.3 is 23.4 Å². The quantitative estimate of drug-likeness (QED) is 0.304. The molecule has 0 atom stereocenters. The molecule has 1 heterocycles. The van der Waals surface area contributed by atoms with Crippen molar-refractivity contribution in [3.8, 4) is 34.1 Å². The van der Waals surface area contributed by atoms with E-state index in [9.17, 15) is 9.59 Å². The molecule has 0 fully saturated rings. The van der Waals surface area contributed by atoms with Gasteiger partial charge in [-0.3, -0.25) is 4.79 Å². The summed E-state index contributed by atoms with van der Waals surface area (Å²) in [6, 6.07) is 16.7. The Morgan fingerprint density at radius 1 is 0.818 bits per heavy atom. The summed E-state index contributed by atoms with van der Waals surface area (Å²) in [5.41, 5.74) is 1.44. The lowest BCUT2D eigenvalue weighted by Crippen LogP contribution is -2.10. The van der Waals surface area contributed by atoms with Crippen molar-refractivity contribution in [1.29, 1.82) is 0 Å². The van der Waals surface area contributed by atoms with Crippen molar-refractivity contribution in [2.45, 2.75) is 6.92 Å². The number of para-hydroxylation sites is 1. The van der Waals surface area contributed by atoms with Crippen LogP contribution in [0.25, 0.3) is 22.1 Å². The molecule has 0 aliphatic carbocycles. The molecule has 7 heteroatoms. The molecule has 1 aromatic heterocycles. The van der Waals surface area contributed by atoms with Crippen LogP contribution in [0.1, 0.15) is 16.1 Å². The van der Waals surface area contributed by atoms with Gasteiger partial charge in [0, 0.05) is 17.7 Å². The Hall–Kier alpha value is -4.26. The summed E-state index contributed by atoms with van der Waals surface area (Å²) in [6.07, 6.45) is 0. The minimum absolute atomic E-state index is 0.200. The molecule has 0 spiro atoms. The molecule has 0 saturated carbocycles. The van der Waals surface area contributed by atoms with E-state index >= 15 is 0 Å². The predicted molar refractivity (Wildman–Crippen MR) is 124 cm³/mol. The molecule has 0 saturated heterocycles. The number of hydrogen-bond acceptors (Lipinski definition) is 7. The minimum Gasteiger partial charge on any atom is -0.497 e. The fourth-order valence-electron chi connectivity index (χ4n) is 3.60. The Morgan fingerprint density at radius 3 is 2.18 bits per heavy atom. The Balaban J connectivity index is 1.71. The number of methoxy groups -OCH3 is 3. The average molecular weight is 446 g/mol. The van der Waals surface area contributed by atoms with E-state index in [1.807, 2.05) is 18.2 Å². The zero-order chi connectivity index (χ0) is 23.5. The lowest BCUT2D eigenvalue weighted by atomic mass is 10.0. The van der Waals surface area contributed by atoms with Crippen LogP contribution in [0.4, 0.5) is 0 Å². The first-order chi connectivity index (χ1) is 15.9. The predicted octanol–water partition coefficient (Wildman–Crippen LogP) is 5.01. The van der Waals surface area contributed by atoms with E-state index in [2.05, 4.69) is 0 Å². The molecule has 0 aliphatic heterocycles. The van der Waals surface area contributed by atoms with E-state index in [0.29, 0.717) is 45.1 Å². The van der Waals surface area contributed by atoms with E-state index in [-0.39, 0.29) is 16.7 Å². The topological polar surface area (TPSA) is 84.2 Å². The Bertz CT molecular complexity index is 1380. The summed E-state index contributed by atoms with van der Waals surface area (Å²) in [6.45, 7) is 1.71. The van der Waals surface area contributed by atoms with Crippen molar-refractivity contribution in [3.05, 3.63) is 82.2 Å². The van der Waals surface area contributed by atoms with Gasteiger partial charge in [0.05, 0.1) is 37.8 Å². The molecule has 0 bridgehead atoms. The maximum atomic E-state index is 13.3. The van der Waals surface area contributed by atoms with E-state index in [0.717, 1.165) is 0 Å². The Labute approximate surface area is 190 Å². The first kappa shape index (κ1) is 22.0. The lowest BCUT2D eigenvalue weighted by molar-refractivity contribution is 0.0734. The normalized spacial score (nSPS) is 10.7. The largest absolute Gasteiger partial charge is 0.497 e. The molecule has 0 unspecified atom stereocenters. The number of rotatable bonds is 6. The zero-order valence-electron chi connectivity index (χ0n) is 18.6. The van der Waals surface area contributed by atoms with Gasteiger partial charge >= 0.3 is 5.97 Å². The van der Waals surface area contributed by atoms with Gasteiger partial charge in [0.1, 0.15) is 34.3 Å². The Kier molecular flexibility index (Phi) is 6.04. The molecule has 0 amide bonds. The van der Waals surface area contributed by atoms with Crippen LogP contribution >= 0.6 is 0 Å². The summed E-state index contributed by atoms with van der Waals surface area (Å²) in [5, 5.41) is 0.365. The van der Waals surface area contributed by atoms with Gasteiger partial charge in [-0.2, -0.15) is 0 Å². The number of esters is 1. The van der Waals surface area contributed by atoms with Gasteiger partial charge in [0.15, 0.2) is 0 Å². The summed E-state index contributed by atoms with van der Waals surface area (Å²) in [5.74, 6) is 1.57. The fourth-order valence-corrected chi connectivity index (χ4v) is 3.60. The van der Waals surface area contributed by atoms with E-state index < -0.39 is 5.97 Å². The summed E-state index contributed by atoms with van der Waals surface area (Å²) >= 11 is 0. The first-order valence-electron chi connectivity index (χ1n) is 10.1. The highest BCUT2D eigenvalue weighted by atomic mass is 16.5. The maximum Gasteiger partial charge on any atom is 0.343 e. The fraction of sp³-hybridized carbons (Fsp3) is 0.154. The van der Waals surface area contributed by atoms with Crippen LogP contribution < -0.4 is 24.4 Å². The van der Waals surface area contributed by atoms with Crippen molar-refractivity contribution < 1.29 is 28.2 Å². The van der Waals surface area contributed by atoms with Crippen molar-refractivity contribution in [2.24, 2.45) is 0 Å². The van der Waals surface area contributed by atoms with Crippen LogP contribution in [0.2, 0.25) is 0 Å². The maximum absolute atomic E-state index is 13.3. The number of ether oxygens (including phenoxy) is 4. The minimum atomic E-state index is -0.601. The molecular formula is C26H22O7. The number of benzene rings is 3. The number of fused-ring (bicyclic) bond motifs is 1. The van der Waals surface area contributed by atoms with Crippen LogP contribution in [0.3, 0.4) is 0 Å². The zero-order valence-corrected chi connectivity index (χ0v) is 18.6. The third-order valence-corrected chi connectivity index (χ3v) is 5.21. The van der Waals surface area contributed by atoms with Gasteiger partial charge in [-0.25, -0.2) is 4.79 Å². The molecule has 0 N–H and O–H groups in total. The van der Waals surface area contributed by atoms with Crippen LogP contribution in [0.5, 0.6) is 23.0 Å². The van der Waals surface area contributed by atoms with Crippen LogP contribution in [-0.2, 0) is 0 Å². The highest BCUT2D eigenvalue weighted by molar-refractivity contribution is 5.93. The van der Waals surface area contributed by atoms with Gasteiger partial charge in [0.25, 0.3) is 0 Å². The molecule has 4 rings (SSSR count). The van der Waals surface area contributed by atoms with E-state index in [1.165, 1.54) is 20.3 Å². The van der Waals surface area contributed by atoms with Crippen LogP contribution in [0, 0.1) is 6.92 Å². The third-order valence-electron chi connectivity index (χ3n) is 5.21. The van der Waals surface area contributed by atoms with Crippen LogP contribution in [-0.4, -0.2) is 27.3 Å². The SMILES string of the molecule is COc1cc(OC)cc(C(=O)Oc2ccc3c(=O)c(-c4ccccc4OC)c(C)oc3c2)c1. The van der Waals surface area contributed by atoms with Crippen LogP contribution in [0.15, 0.2) is 69.9 Å². The standard InChI is InChI=1S/C26H22O7/c1-15-24(20-7-5-6-8-22(20)31-4)25(27)21-10-9-17(14-23(21)32-15)33-26(28)16-11-18(29-2)13-19(12-16)30-3/h5-14H,1-4H3. The lowest BCUT2D eigenvalue weighted by Gasteiger charge is -2.12. The monoisotopic (exact) mass is 446 g/mol. The second kappa shape index (κ2) is 9.08. The average Bonchev–Trinajstić information content (AvgIpc) is 2.83. The van der Waals surface area contributed by atoms with Crippen molar-refractivity contribution in [3.63, 3.8) is 0 Å². The van der Waals surface area contributed by atoms with E-state index in [1.54, 1.807) is 50.4 Å². The molecule has 7 nitrogen and oxygen atoms in total. The van der Waals surface area contributed by atoms with Gasteiger partial charge in [-0.1, -0.05) is 18.2 Å². The third kappa shape index (κ3) is 4.25. The molecule has 33 heavy (non-hydrogen) atoms. The van der Waals surface area contributed by atoms with Crippen molar-refractivity contribution in [2.75, 3.05) is 21.3 Å². The van der Waals surface area contributed by atoms with E-state index in [4.69, 9.17) is 23.4 Å². The summed E-state index contributed by atoms with van der Waals surface area (Å²) < 4.78 is 27.3. The van der Waals surface area contributed by atoms with Gasteiger partial charge in [-0.15, -0.1) is 0 Å². The summed E-state index contributed by atoms with van der Waals surface area (Å²) in [4.78, 5) is 26.0. The molecule has 3 aromatic carbocycles. The molecule has 4 aromatic rings. The molecule has 0 aliphatic rings. The van der Waals surface area contributed by atoms with Gasteiger partial charge in [-0.05, 0) is 37.3 Å². The number of carbonyl (C=O) groups excluding carboxylic acids is 1. The van der Waals surface area contributed by atoms with Gasteiger partial charge in [0.2, 0.25) is 5.43 Å². The second-order valence-corrected chi connectivity index (χ2v) is 7.21. The number of carbonyl (C=O) groups is 1. The smallest absolute Gasteiger partial charge is 0.343 e. The summed E-state index contributed by atoms with van der Waals surface area (Å²) in [7, 11) is 4.54. The molecular weight excluding hydrogens is 424 g/mol. The molecule has 0 radical (unpaired) electrons. The first-order valence-corrected chi connectivity index (χ1v) is 10.1. The highest BCUT2D eigenvalue weighted by Crippen LogP contribution is 2.32. The Morgan fingerprint density at radius 2 is 1.52 bits per heavy atom. The molecule has 168 valence electrons.